The number of likely N-dealkylation sites (N-methyl/N-ethyl adjacent to an activating group) is 1. The van der Waals surface area contributed by atoms with Gasteiger partial charge in [0.25, 0.3) is 0 Å². The number of carbonyl (C=O) groups is 3. The number of piperazine rings is 1. The number of nitrogens with one attached hydrogen (secondary N) is 1. The van der Waals surface area contributed by atoms with Gasteiger partial charge in [-0.1, -0.05) is 6.92 Å². The first kappa shape index (κ1) is 25.6. The molecule has 2 amide bonds. The summed E-state index contributed by atoms with van der Waals surface area (Å²) in [6, 6.07) is 0.00476. The minimum absolute atomic E-state index is 0.0615. The van der Waals surface area contributed by atoms with Crippen molar-refractivity contribution in [3.63, 3.8) is 0 Å². The Balaban J connectivity index is 1.27. The molecule has 0 bridgehead atoms. The molecule has 0 saturated carbocycles. The van der Waals surface area contributed by atoms with E-state index in [0.29, 0.717) is 0 Å². The minimum atomic E-state index is -1.08. The fourth-order valence-electron chi connectivity index (χ4n) is 5.27. The number of hydrogen-bond acceptors (Lipinski definition) is 8. The van der Waals surface area contributed by atoms with E-state index in [1.165, 1.54) is 4.90 Å². The molecule has 3 saturated heterocycles. The van der Waals surface area contributed by atoms with Crippen LogP contribution in [0.3, 0.4) is 0 Å². The number of aliphatic hydroxyl groups excluding tert-OH is 1. The zero-order chi connectivity index (χ0) is 24.6. The van der Waals surface area contributed by atoms with Crippen LogP contribution in [0.2, 0.25) is 0 Å². The number of fused-ring (bicyclic) bond motifs is 1. The zero-order valence-electron chi connectivity index (χ0n) is 19.8. The average Bonchev–Trinajstić information content (AvgIpc) is 3.32. The highest BCUT2D eigenvalue weighted by atomic mass is 32.2. The molecule has 4 aliphatic rings. The van der Waals surface area contributed by atoms with Crippen molar-refractivity contribution in [3.8, 4) is 0 Å². The summed E-state index contributed by atoms with van der Waals surface area (Å²) in [6.07, 6.45) is 1.75. The average molecular weight is 511 g/mol. The molecule has 0 aromatic rings. The molecule has 34 heavy (non-hydrogen) atoms. The van der Waals surface area contributed by atoms with E-state index in [9.17, 15) is 24.6 Å². The first-order chi connectivity index (χ1) is 16.2. The third-order valence-electron chi connectivity index (χ3n) is 7.21. The lowest BCUT2D eigenvalue weighted by atomic mass is 9.79. The van der Waals surface area contributed by atoms with Crippen LogP contribution in [0, 0.1) is 11.8 Å². The van der Waals surface area contributed by atoms with E-state index < -0.39 is 18.0 Å². The van der Waals surface area contributed by atoms with Gasteiger partial charge in [-0.15, -0.1) is 23.5 Å². The van der Waals surface area contributed by atoms with Crippen molar-refractivity contribution < 1.29 is 24.6 Å². The van der Waals surface area contributed by atoms with Crippen molar-refractivity contribution in [1.82, 2.24) is 20.0 Å². The van der Waals surface area contributed by atoms with Crippen LogP contribution in [0.1, 0.15) is 20.3 Å². The number of thioether (sulfide) groups is 2. The van der Waals surface area contributed by atoms with E-state index in [1.807, 2.05) is 17.2 Å². The second kappa shape index (κ2) is 10.6. The normalized spacial score (nSPS) is 32.9. The maximum absolute atomic E-state index is 12.5. The third kappa shape index (κ3) is 5.04. The number of carboxylic acids is 1. The lowest BCUT2D eigenvalue weighted by molar-refractivity contribution is -0.163. The van der Waals surface area contributed by atoms with Crippen molar-refractivity contribution in [1.29, 1.82) is 0 Å². The first-order valence-electron chi connectivity index (χ1n) is 11.8. The van der Waals surface area contributed by atoms with Gasteiger partial charge in [-0.3, -0.25) is 9.59 Å². The molecule has 0 spiro atoms. The third-order valence-corrected chi connectivity index (χ3v) is 9.64. The SMILES string of the molecule is C[C@H]1C(S[C@@H]2CN[C@H](CS/C=C/C(=O)N3CCN(C)CC3)C2)=C(C(=O)O)N2C(=O)[C@H]([C@@H](C)O)C12. The smallest absolute Gasteiger partial charge is 0.353 e. The molecule has 6 atom stereocenters. The van der Waals surface area contributed by atoms with E-state index in [0.717, 1.165) is 49.8 Å². The Morgan fingerprint density at radius 3 is 2.62 bits per heavy atom. The van der Waals surface area contributed by atoms with E-state index in [-0.39, 0.29) is 40.8 Å². The summed E-state index contributed by atoms with van der Waals surface area (Å²) in [6.45, 7) is 7.65. The molecule has 4 heterocycles. The molecule has 3 N–H and O–H groups in total. The summed E-state index contributed by atoms with van der Waals surface area (Å²) in [5.41, 5.74) is 0.0903. The number of amides is 2. The number of β-lactam (4-membered cyclic amide) rings is 1. The van der Waals surface area contributed by atoms with Gasteiger partial charge in [0.2, 0.25) is 11.8 Å². The molecule has 3 fully saturated rings. The van der Waals surface area contributed by atoms with Crippen LogP contribution >= 0.6 is 23.5 Å². The Bertz CT molecular complexity index is 887. The van der Waals surface area contributed by atoms with Gasteiger partial charge in [-0.2, -0.15) is 0 Å². The summed E-state index contributed by atoms with van der Waals surface area (Å²) >= 11 is 3.17. The lowest BCUT2D eigenvalue weighted by Gasteiger charge is -2.46. The Kier molecular flexibility index (Phi) is 7.98. The van der Waals surface area contributed by atoms with Crippen molar-refractivity contribution in [2.24, 2.45) is 11.8 Å². The summed E-state index contributed by atoms with van der Waals surface area (Å²) in [5, 5.41) is 25.4. The van der Waals surface area contributed by atoms with Gasteiger partial charge in [0.15, 0.2) is 0 Å². The number of hydrogen-bond donors (Lipinski definition) is 3. The highest BCUT2D eigenvalue weighted by Gasteiger charge is 2.60. The van der Waals surface area contributed by atoms with Gasteiger partial charge in [0.05, 0.1) is 18.1 Å². The maximum Gasteiger partial charge on any atom is 0.353 e. The van der Waals surface area contributed by atoms with Crippen molar-refractivity contribution >= 4 is 41.3 Å². The molecule has 0 aromatic heterocycles. The van der Waals surface area contributed by atoms with E-state index in [4.69, 9.17) is 0 Å². The van der Waals surface area contributed by atoms with Gasteiger partial charge < -0.3 is 30.2 Å². The topological polar surface area (TPSA) is 113 Å². The quantitative estimate of drug-likeness (QED) is 0.320. The number of aliphatic carboxylic acids is 1. The van der Waals surface area contributed by atoms with Crippen LogP contribution in [-0.4, -0.2) is 112 Å². The molecule has 0 radical (unpaired) electrons. The molecular formula is C23H34N4O5S2. The van der Waals surface area contributed by atoms with Gasteiger partial charge in [0.1, 0.15) is 5.70 Å². The van der Waals surface area contributed by atoms with Crippen LogP contribution in [-0.2, 0) is 14.4 Å². The maximum atomic E-state index is 12.5. The van der Waals surface area contributed by atoms with Crippen molar-refractivity contribution in [2.45, 2.75) is 43.7 Å². The number of rotatable bonds is 8. The summed E-state index contributed by atoms with van der Waals surface area (Å²) in [5.74, 6) is -1.12. The Labute approximate surface area is 209 Å². The molecule has 4 aliphatic heterocycles. The zero-order valence-corrected chi connectivity index (χ0v) is 21.5. The van der Waals surface area contributed by atoms with Crippen LogP contribution < -0.4 is 5.32 Å². The molecule has 188 valence electrons. The van der Waals surface area contributed by atoms with Gasteiger partial charge in [0, 0.05) is 66.7 Å². The minimum Gasteiger partial charge on any atom is -0.477 e. The molecule has 9 nitrogen and oxygen atoms in total. The first-order valence-corrected chi connectivity index (χ1v) is 13.8. The molecule has 0 aliphatic carbocycles. The van der Waals surface area contributed by atoms with Crippen LogP contribution in [0.25, 0.3) is 0 Å². The number of carbonyl (C=O) groups excluding carboxylic acids is 2. The van der Waals surface area contributed by atoms with Crippen LogP contribution in [0.4, 0.5) is 0 Å². The summed E-state index contributed by atoms with van der Waals surface area (Å²) < 4.78 is 0. The molecule has 0 aromatic carbocycles. The highest BCUT2D eigenvalue weighted by molar-refractivity contribution is 8.03. The number of carboxylic acid groups (broad SMARTS) is 1. The van der Waals surface area contributed by atoms with E-state index >= 15 is 0 Å². The standard InChI is InChI=1S/C23H34N4O5S2/c1-13-19-18(14(2)28)22(30)27(19)20(23(31)32)21(13)34-16-10-15(24-11-16)12-33-9-4-17(29)26-7-5-25(3)6-8-26/h4,9,13-16,18-19,24,28H,5-8,10-12H2,1-3H3,(H,31,32)/b9-4+/t13-,14-,15+,16+,18-,19?/m1/s1. The highest BCUT2D eigenvalue weighted by Crippen LogP contribution is 2.51. The summed E-state index contributed by atoms with van der Waals surface area (Å²) in [7, 11) is 2.06. The lowest BCUT2D eigenvalue weighted by Crippen LogP contribution is -2.63. The fourth-order valence-corrected chi connectivity index (χ4v) is 7.60. The van der Waals surface area contributed by atoms with Crippen LogP contribution in [0.5, 0.6) is 0 Å². The van der Waals surface area contributed by atoms with Crippen molar-refractivity contribution in [3.05, 3.63) is 22.1 Å². The van der Waals surface area contributed by atoms with Crippen LogP contribution in [0.15, 0.2) is 22.1 Å². The molecular weight excluding hydrogens is 476 g/mol. The van der Waals surface area contributed by atoms with Gasteiger partial charge in [-0.25, -0.2) is 4.79 Å². The molecule has 1 unspecified atom stereocenters. The second-order valence-corrected chi connectivity index (χ2v) is 11.9. The Morgan fingerprint density at radius 2 is 1.97 bits per heavy atom. The summed E-state index contributed by atoms with van der Waals surface area (Å²) in [4.78, 5) is 43.0. The predicted octanol–water partition coefficient (Wildman–Crippen LogP) is 0.625. The number of nitrogens with zero attached hydrogens (tertiary/aromatic N) is 3. The molecule has 4 rings (SSSR count). The number of aliphatic hydroxyl groups is 1. The van der Waals surface area contributed by atoms with Gasteiger partial charge >= 0.3 is 5.97 Å². The second-order valence-electron chi connectivity index (χ2n) is 9.62. The fraction of sp³-hybridized carbons (Fsp3) is 0.696. The van der Waals surface area contributed by atoms with Crippen molar-refractivity contribution in [2.75, 3.05) is 45.5 Å². The van der Waals surface area contributed by atoms with E-state index in [1.54, 1.807) is 36.5 Å². The molecule has 11 heteroatoms. The Morgan fingerprint density at radius 1 is 1.26 bits per heavy atom. The predicted molar refractivity (Wildman–Crippen MR) is 133 cm³/mol. The Hall–Kier alpha value is -1.53. The van der Waals surface area contributed by atoms with Gasteiger partial charge in [-0.05, 0) is 25.8 Å². The monoisotopic (exact) mass is 510 g/mol. The largest absolute Gasteiger partial charge is 0.477 e. The van der Waals surface area contributed by atoms with E-state index in [2.05, 4.69) is 17.3 Å².